The van der Waals surface area contributed by atoms with Gasteiger partial charge in [0, 0.05) is 37.3 Å². The van der Waals surface area contributed by atoms with Gasteiger partial charge in [-0.05, 0) is 57.0 Å². The molecule has 0 saturated carbocycles. The van der Waals surface area contributed by atoms with Crippen LogP contribution in [0.3, 0.4) is 0 Å². The van der Waals surface area contributed by atoms with Crippen LogP contribution in [-0.4, -0.2) is 103 Å². The predicted octanol–water partition coefficient (Wildman–Crippen LogP) is 2.64. The molecule has 2 fully saturated rings. The molecule has 11 heteroatoms. The molecule has 0 spiro atoms. The fraction of sp³-hybridized carbons (Fsp3) is 0.636. The van der Waals surface area contributed by atoms with Crippen molar-refractivity contribution in [2.45, 2.75) is 90.1 Å². The summed E-state index contributed by atoms with van der Waals surface area (Å²) < 4.78 is 12.0. The van der Waals surface area contributed by atoms with Crippen LogP contribution in [0.5, 0.6) is 11.5 Å². The zero-order valence-corrected chi connectivity index (χ0v) is 27.2. The molecule has 2 N–H and O–H groups in total. The first-order valence-electron chi connectivity index (χ1n) is 15.9. The Morgan fingerprint density at radius 1 is 1.11 bits per heavy atom. The number of rotatable bonds is 9. The number of ether oxygens (including phenoxy) is 2. The Labute approximate surface area is 261 Å². The van der Waals surface area contributed by atoms with Gasteiger partial charge in [0.15, 0.2) is 0 Å². The van der Waals surface area contributed by atoms with Gasteiger partial charge in [0.25, 0.3) is 0 Å². The van der Waals surface area contributed by atoms with Gasteiger partial charge < -0.3 is 29.9 Å². The van der Waals surface area contributed by atoms with Gasteiger partial charge >= 0.3 is 0 Å². The molecule has 2 bridgehead atoms. The second-order valence-corrected chi connectivity index (χ2v) is 12.5. The van der Waals surface area contributed by atoms with E-state index in [4.69, 9.17) is 9.47 Å². The molecule has 4 heterocycles. The Balaban J connectivity index is 1.71. The zero-order chi connectivity index (χ0) is 32.1. The molecular weight excluding hydrogens is 562 g/mol. The number of hydrogen-bond donors (Lipinski definition) is 2. The maximum atomic E-state index is 14.4. The van der Waals surface area contributed by atoms with Crippen molar-refractivity contribution in [1.82, 2.24) is 25.3 Å². The van der Waals surface area contributed by atoms with Crippen LogP contribution in [0.4, 0.5) is 0 Å². The first kappa shape index (κ1) is 33.3. The summed E-state index contributed by atoms with van der Waals surface area (Å²) in [6, 6.07) is 2.53. The summed E-state index contributed by atoms with van der Waals surface area (Å²) in [6.07, 6.45) is 5.76. The van der Waals surface area contributed by atoms with Crippen LogP contribution in [-0.2, 0) is 19.2 Å². The van der Waals surface area contributed by atoms with E-state index in [-0.39, 0.29) is 42.0 Å². The van der Waals surface area contributed by atoms with Crippen molar-refractivity contribution in [3.05, 3.63) is 30.0 Å². The summed E-state index contributed by atoms with van der Waals surface area (Å²) in [5, 5.41) is 5.90. The highest BCUT2D eigenvalue weighted by Crippen LogP contribution is 2.33. The van der Waals surface area contributed by atoms with Crippen molar-refractivity contribution < 1.29 is 28.7 Å². The SMILES string of the molecule is CC[C@H](C)[C@H](NC(=O)[C@H]([C@@H](C)CC)N(C)C)C(=O)N1CC[C@@H]2Oc3ccc(c(OC)c3)/C=C\NC(=O)[C@H]3CCCN3C(=O)[C@H]21. The smallest absolute Gasteiger partial charge is 0.249 e. The monoisotopic (exact) mass is 611 g/mol. The van der Waals surface area contributed by atoms with Gasteiger partial charge in [-0.1, -0.05) is 40.5 Å². The van der Waals surface area contributed by atoms with Crippen LogP contribution >= 0.6 is 0 Å². The maximum Gasteiger partial charge on any atom is 0.249 e. The van der Waals surface area contributed by atoms with Crippen molar-refractivity contribution in [3.63, 3.8) is 0 Å². The molecule has 7 atom stereocenters. The molecule has 242 valence electrons. The molecule has 1 aromatic carbocycles. The molecule has 0 aromatic heterocycles. The fourth-order valence-corrected chi connectivity index (χ4v) is 6.61. The lowest BCUT2D eigenvalue weighted by Gasteiger charge is -2.37. The third-order valence-corrected chi connectivity index (χ3v) is 9.48. The van der Waals surface area contributed by atoms with Gasteiger partial charge in [-0.3, -0.25) is 24.1 Å². The number of methoxy groups -OCH3 is 1. The van der Waals surface area contributed by atoms with E-state index in [2.05, 4.69) is 10.6 Å². The molecule has 0 radical (unpaired) electrons. The molecule has 1 aromatic rings. The van der Waals surface area contributed by atoms with Crippen molar-refractivity contribution in [2.24, 2.45) is 11.8 Å². The standard InChI is InChI=1S/C33H49N5O6/c1-8-20(3)27(35-31(40)28(36(5)6)21(4)9-2)32(41)38-18-15-25-29(38)33(42)37-17-10-11-24(37)30(39)34-16-14-22-12-13-23(44-25)19-26(22)43-7/h12-14,16,19-21,24-25,27-29H,8-11,15,17-18H2,1-7H3,(H,34,39)(H,35,40)/b16-14-/t20-,21-,24+,25-,27-,28-,29-/m0/s1. The van der Waals surface area contributed by atoms with Gasteiger partial charge in [0.05, 0.1) is 13.2 Å². The summed E-state index contributed by atoms with van der Waals surface area (Å²) in [4.78, 5) is 60.7. The molecule has 44 heavy (non-hydrogen) atoms. The Kier molecular flexibility index (Phi) is 10.9. The summed E-state index contributed by atoms with van der Waals surface area (Å²) in [5.41, 5.74) is 0.761. The average Bonchev–Trinajstić information content (AvgIpc) is 3.66. The number of amides is 4. The minimum atomic E-state index is -0.956. The predicted molar refractivity (Wildman–Crippen MR) is 168 cm³/mol. The zero-order valence-electron chi connectivity index (χ0n) is 27.2. The van der Waals surface area contributed by atoms with E-state index in [1.165, 1.54) is 0 Å². The first-order valence-corrected chi connectivity index (χ1v) is 15.9. The Morgan fingerprint density at radius 2 is 1.84 bits per heavy atom. The van der Waals surface area contributed by atoms with Crippen LogP contribution in [0.15, 0.2) is 24.4 Å². The topological polar surface area (TPSA) is 121 Å². The number of hydrogen-bond acceptors (Lipinski definition) is 7. The number of carbonyl (C=O) groups excluding carboxylic acids is 4. The minimum absolute atomic E-state index is 0.0832. The lowest BCUT2D eigenvalue weighted by atomic mass is 9.94. The quantitative estimate of drug-likeness (QED) is 0.441. The Hall–Kier alpha value is -3.60. The fourth-order valence-electron chi connectivity index (χ4n) is 6.61. The lowest BCUT2D eigenvalue weighted by Crippen LogP contribution is -2.61. The number of likely N-dealkylation sites (tertiary alicyclic amines) is 1. The molecule has 4 aliphatic heterocycles. The summed E-state index contributed by atoms with van der Waals surface area (Å²) in [7, 11) is 5.29. The normalized spacial score (nSPS) is 25.2. The number of nitrogens with zero attached hydrogens (tertiary/aromatic N) is 3. The highest BCUT2D eigenvalue weighted by molar-refractivity contribution is 5.96. The van der Waals surface area contributed by atoms with Crippen LogP contribution in [0.1, 0.15) is 65.4 Å². The van der Waals surface area contributed by atoms with Crippen LogP contribution in [0.2, 0.25) is 0 Å². The molecule has 11 nitrogen and oxygen atoms in total. The van der Waals surface area contributed by atoms with Crippen molar-refractivity contribution >= 4 is 29.7 Å². The summed E-state index contributed by atoms with van der Waals surface area (Å²) in [6.45, 7) is 8.70. The van der Waals surface area contributed by atoms with Crippen molar-refractivity contribution in [1.29, 1.82) is 0 Å². The van der Waals surface area contributed by atoms with E-state index in [9.17, 15) is 19.2 Å². The molecule has 0 unspecified atom stereocenters. The number of nitrogens with one attached hydrogen (secondary N) is 2. The van der Waals surface area contributed by atoms with Gasteiger partial charge in [-0.2, -0.15) is 0 Å². The summed E-state index contributed by atoms with van der Waals surface area (Å²) >= 11 is 0. The van der Waals surface area contributed by atoms with E-state index in [0.29, 0.717) is 43.7 Å². The third-order valence-electron chi connectivity index (χ3n) is 9.48. The van der Waals surface area contributed by atoms with Crippen LogP contribution < -0.4 is 20.1 Å². The molecule has 4 aliphatic rings. The maximum absolute atomic E-state index is 14.4. The molecule has 4 amide bonds. The number of fused-ring (bicyclic) bond motifs is 4. The minimum Gasteiger partial charge on any atom is -0.496 e. The van der Waals surface area contributed by atoms with E-state index >= 15 is 0 Å². The van der Waals surface area contributed by atoms with Gasteiger partial charge in [-0.15, -0.1) is 0 Å². The van der Waals surface area contributed by atoms with Gasteiger partial charge in [-0.25, -0.2) is 0 Å². The van der Waals surface area contributed by atoms with Gasteiger partial charge in [0.2, 0.25) is 23.6 Å². The third kappa shape index (κ3) is 6.87. The second kappa shape index (κ2) is 14.5. The van der Waals surface area contributed by atoms with E-state index in [1.807, 2.05) is 52.8 Å². The Morgan fingerprint density at radius 3 is 2.50 bits per heavy atom. The molecular formula is C33H49N5O6. The van der Waals surface area contributed by atoms with Gasteiger partial charge in [0.1, 0.15) is 35.7 Å². The van der Waals surface area contributed by atoms with Crippen molar-refractivity contribution in [2.75, 3.05) is 34.3 Å². The van der Waals surface area contributed by atoms with Crippen LogP contribution in [0.25, 0.3) is 6.08 Å². The highest BCUT2D eigenvalue weighted by Gasteiger charge is 2.50. The lowest BCUT2D eigenvalue weighted by molar-refractivity contribution is -0.150. The number of carbonyl (C=O) groups is 4. The van der Waals surface area contributed by atoms with Crippen molar-refractivity contribution in [3.8, 4) is 11.5 Å². The number of likely N-dealkylation sites (N-methyl/N-ethyl adjacent to an activating group) is 1. The molecule has 5 rings (SSSR count). The molecule has 0 aliphatic carbocycles. The average molecular weight is 612 g/mol. The molecule has 2 saturated heterocycles. The largest absolute Gasteiger partial charge is 0.496 e. The number of benzene rings is 1. The summed E-state index contributed by atoms with van der Waals surface area (Å²) in [5.74, 6) is -0.129. The highest BCUT2D eigenvalue weighted by atomic mass is 16.5. The van der Waals surface area contributed by atoms with E-state index in [1.54, 1.807) is 41.3 Å². The Bertz CT molecular complexity index is 1250. The van der Waals surface area contributed by atoms with E-state index in [0.717, 1.165) is 12.0 Å². The van der Waals surface area contributed by atoms with E-state index < -0.39 is 30.3 Å². The second-order valence-electron chi connectivity index (χ2n) is 12.5. The first-order chi connectivity index (χ1) is 21.0. The van der Waals surface area contributed by atoms with Crippen LogP contribution in [0, 0.1) is 11.8 Å².